The molecular formula is C27H24ClF6N5O3. The summed E-state index contributed by atoms with van der Waals surface area (Å²) in [6.07, 6.45) is -8.16. The second kappa shape index (κ2) is 10.6. The maximum atomic E-state index is 13.8. The van der Waals surface area contributed by atoms with Crippen molar-refractivity contribution in [1.29, 1.82) is 0 Å². The summed E-state index contributed by atoms with van der Waals surface area (Å²) in [4.78, 5) is 33.4. The van der Waals surface area contributed by atoms with Crippen LogP contribution in [0.3, 0.4) is 0 Å². The molecule has 5 rings (SSSR count). The minimum Gasteiger partial charge on any atom is -0.394 e. The van der Waals surface area contributed by atoms with Gasteiger partial charge in [0, 0.05) is 36.3 Å². The zero-order valence-corrected chi connectivity index (χ0v) is 22.9. The number of carbonyl (C=O) groups is 2. The van der Waals surface area contributed by atoms with Crippen molar-refractivity contribution in [2.24, 2.45) is 0 Å². The van der Waals surface area contributed by atoms with E-state index in [4.69, 9.17) is 11.6 Å². The molecule has 1 N–H and O–H groups in total. The number of pyridine rings is 1. The average Bonchev–Trinajstić information content (AvgIpc) is 3.30. The van der Waals surface area contributed by atoms with Gasteiger partial charge in [-0.25, -0.2) is 0 Å². The van der Waals surface area contributed by atoms with Crippen LogP contribution in [0.5, 0.6) is 0 Å². The molecule has 224 valence electrons. The van der Waals surface area contributed by atoms with E-state index in [0.29, 0.717) is 22.9 Å². The quantitative estimate of drug-likeness (QED) is 0.402. The van der Waals surface area contributed by atoms with E-state index in [9.17, 15) is 41.0 Å². The normalized spacial score (nSPS) is 19.9. The van der Waals surface area contributed by atoms with Crippen molar-refractivity contribution in [3.8, 4) is 0 Å². The van der Waals surface area contributed by atoms with Crippen molar-refractivity contribution in [1.82, 2.24) is 24.6 Å². The fraction of sp³-hybridized carbons (Fsp3) is 0.407. The van der Waals surface area contributed by atoms with E-state index < -0.39 is 65.2 Å². The number of rotatable bonds is 4. The Bertz CT molecular complexity index is 1540. The maximum Gasteiger partial charge on any atom is 0.433 e. The Labute approximate surface area is 240 Å². The number of aliphatic hydroxyl groups excluding tert-OH is 1. The Morgan fingerprint density at radius 2 is 1.86 bits per heavy atom. The lowest BCUT2D eigenvalue weighted by Gasteiger charge is -2.38. The van der Waals surface area contributed by atoms with E-state index in [0.717, 1.165) is 18.3 Å². The van der Waals surface area contributed by atoms with Crippen LogP contribution in [0, 0.1) is 0 Å². The molecule has 42 heavy (non-hydrogen) atoms. The molecule has 3 aromatic rings. The number of aromatic nitrogens is 3. The molecule has 0 unspecified atom stereocenters. The van der Waals surface area contributed by atoms with Gasteiger partial charge in [-0.1, -0.05) is 17.7 Å². The molecule has 0 fully saturated rings. The largest absolute Gasteiger partial charge is 0.433 e. The fourth-order valence-corrected chi connectivity index (χ4v) is 5.58. The highest BCUT2D eigenvalue weighted by atomic mass is 35.5. The van der Waals surface area contributed by atoms with Crippen LogP contribution in [0.15, 0.2) is 36.5 Å². The predicted octanol–water partition coefficient (Wildman–Crippen LogP) is 5.31. The summed E-state index contributed by atoms with van der Waals surface area (Å²) in [6, 6.07) is 3.05. The van der Waals surface area contributed by atoms with Crippen molar-refractivity contribution in [2.45, 2.75) is 57.3 Å². The standard InChI is InChI=1S/C27H24ClF6N5O3/c1-13-7-21-18(11-37(13)24(41)15-3-5-20(28)19(8-15)26(29,30)31)23-25(42)38(10-17(12-40)39(23)36-21)14(2)16-4-6-22(35-9-16)27(32,33)34/h3-6,8-9,13-14,17,40H,7,10-12H2,1-2H3/t13-,14+,17+/m1/s1. The van der Waals surface area contributed by atoms with E-state index in [1.54, 1.807) is 13.8 Å². The highest BCUT2D eigenvalue weighted by molar-refractivity contribution is 6.31. The van der Waals surface area contributed by atoms with E-state index in [2.05, 4.69) is 10.1 Å². The van der Waals surface area contributed by atoms with Crippen LogP contribution in [0.1, 0.15) is 74.9 Å². The number of nitrogens with zero attached hydrogens (tertiary/aromatic N) is 5. The van der Waals surface area contributed by atoms with Crippen LogP contribution >= 0.6 is 11.6 Å². The van der Waals surface area contributed by atoms with Crippen molar-refractivity contribution in [3.05, 3.63) is 80.9 Å². The number of alkyl halides is 6. The maximum absolute atomic E-state index is 13.8. The Morgan fingerprint density at radius 3 is 2.45 bits per heavy atom. The molecule has 0 saturated carbocycles. The van der Waals surface area contributed by atoms with Gasteiger partial charge in [0.15, 0.2) is 0 Å². The first-order valence-electron chi connectivity index (χ1n) is 12.8. The van der Waals surface area contributed by atoms with Crippen LogP contribution in [0.4, 0.5) is 26.3 Å². The van der Waals surface area contributed by atoms with Gasteiger partial charge in [-0.2, -0.15) is 31.4 Å². The molecule has 15 heteroatoms. The Kier molecular flexibility index (Phi) is 7.50. The summed E-state index contributed by atoms with van der Waals surface area (Å²) < 4.78 is 80.6. The molecule has 4 heterocycles. The zero-order valence-electron chi connectivity index (χ0n) is 22.2. The van der Waals surface area contributed by atoms with Gasteiger partial charge < -0.3 is 14.9 Å². The Hall–Kier alpha value is -3.65. The summed E-state index contributed by atoms with van der Waals surface area (Å²) >= 11 is 5.71. The zero-order chi connectivity index (χ0) is 30.7. The number of aliphatic hydroxyl groups is 1. The third kappa shape index (κ3) is 5.21. The molecule has 0 aliphatic carbocycles. The van der Waals surface area contributed by atoms with Gasteiger partial charge in [-0.05, 0) is 43.7 Å². The molecule has 0 saturated heterocycles. The van der Waals surface area contributed by atoms with E-state index in [-0.39, 0.29) is 30.8 Å². The molecule has 8 nitrogen and oxygen atoms in total. The van der Waals surface area contributed by atoms with Crippen molar-refractivity contribution in [3.63, 3.8) is 0 Å². The van der Waals surface area contributed by atoms with E-state index in [1.165, 1.54) is 26.6 Å². The minimum absolute atomic E-state index is 0.00821. The Morgan fingerprint density at radius 1 is 1.14 bits per heavy atom. The Balaban J connectivity index is 1.47. The fourth-order valence-electron chi connectivity index (χ4n) is 5.36. The molecule has 2 amide bonds. The molecule has 0 bridgehead atoms. The van der Waals surface area contributed by atoms with Gasteiger partial charge in [0.25, 0.3) is 11.8 Å². The van der Waals surface area contributed by atoms with Gasteiger partial charge >= 0.3 is 12.4 Å². The van der Waals surface area contributed by atoms with Gasteiger partial charge in [-0.15, -0.1) is 0 Å². The van der Waals surface area contributed by atoms with Crippen LogP contribution in [-0.4, -0.2) is 60.7 Å². The lowest BCUT2D eigenvalue weighted by atomic mass is 9.96. The van der Waals surface area contributed by atoms with Crippen molar-refractivity contribution in [2.75, 3.05) is 13.2 Å². The lowest BCUT2D eigenvalue weighted by Crippen LogP contribution is -2.47. The van der Waals surface area contributed by atoms with Gasteiger partial charge in [-0.3, -0.25) is 19.3 Å². The third-order valence-corrected chi connectivity index (χ3v) is 8.00. The first-order chi connectivity index (χ1) is 19.6. The summed E-state index contributed by atoms with van der Waals surface area (Å²) in [5, 5.41) is 14.1. The van der Waals surface area contributed by atoms with Crippen LogP contribution in [-0.2, 0) is 25.3 Å². The van der Waals surface area contributed by atoms with Gasteiger partial charge in [0.1, 0.15) is 11.4 Å². The minimum atomic E-state index is -4.77. The number of halogens is 7. The smallest absolute Gasteiger partial charge is 0.394 e. The van der Waals surface area contributed by atoms with Crippen molar-refractivity contribution < 1.29 is 41.0 Å². The number of carbonyl (C=O) groups excluding carboxylic acids is 2. The van der Waals surface area contributed by atoms with Crippen LogP contribution in [0.2, 0.25) is 5.02 Å². The molecule has 2 aliphatic heterocycles. The lowest BCUT2D eigenvalue weighted by molar-refractivity contribution is -0.141. The number of amides is 2. The first kappa shape index (κ1) is 29.8. The molecule has 3 atom stereocenters. The number of hydrogen-bond donors (Lipinski definition) is 1. The SMILES string of the molecule is C[C@@H]1Cc2nn3c(c2CN1C(=O)c1ccc(Cl)c(C(F)(F)F)c1)C(=O)N([C@@H](C)c1ccc(C(F)(F)F)nc1)C[C@H]3CO. The van der Waals surface area contributed by atoms with Gasteiger partial charge in [0.05, 0.1) is 41.5 Å². The van der Waals surface area contributed by atoms with Gasteiger partial charge in [0.2, 0.25) is 0 Å². The van der Waals surface area contributed by atoms with Crippen LogP contribution in [0.25, 0.3) is 0 Å². The number of benzene rings is 1. The highest BCUT2D eigenvalue weighted by Crippen LogP contribution is 2.38. The first-order valence-corrected chi connectivity index (χ1v) is 13.2. The topological polar surface area (TPSA) is 91.6 Å². The number of fused-ring (bicyclic) bond motifs is 3. The predicted molar refractivity (Wildman–Crippen MR) is 137 cm³/mol. The average molecular weight is 616 g/mol. The second-order valence-corrected chi connectivity index (χ2v) is 10.7. The summed E-state index contributed by atoms with van der Waals surface area (Å²) in [7, 11) is 0. The molecule has 1 aromatic carbocycles. The molecule has 2 aromatic heterocycles. The monoisotopic (exact) mass is 615 g/mol. The molecule has 0 radical (unpaired) electrons. The van der Waals surface area contributed by atoms with E-state index in [1.807, 2.05) is 0 Å². The summed E-state index contributed by atoms with van der Waals surface area (Å²) in [5.41, 5.74) is -1.13. The molecular weight excluding hydrogens is 592 g/mol. The molecule has 0 spiro atoms. The summed E-state index contributed by atoms with van der Waals surface area (Å²) in [5.74, 6) is -1.22. The second-order valence-electron chi connectivity index (χ2n) is 10.3. The molecule has 2 aliphatic rings. The van der Waals surface area contributed by atoms with E-state index >= 15 is 0 Å². The highest BCUT2D eigenvalue weighted by Gasteiger charge is 2.42. The van der Waals surface area contributed by atoms with Crippen LogP contribution < -0.4 is 0 Å². The number of hydrogen-bond acceptors (Lipinski definition) is 5. The van der Waals surface area contributed by atoms with Crippen molar-refractivity contribution >= 4 is 23.4 Å². The summed E-state index contributed by atoms with van der Waals surface area (Å²) in [6.45, 7) is 2.79. The third-order valence-electron chi connectivity index (χ3n) is 7.67.